The number of rotatable bonds is 4. The van der Waals surface area contributed by atoms with Gasteiger partial charge in [0.2, 0.25) is 0 Å². The summed E-state index contributed by atoms with van der Waals surface area (Å²) < 4.78 is 5.08. The standard InChI is InChI=1S/C12H18N2O2/c1-4-14(5-2)12(15)9-6-10(13)8-11(7-9)16-3/h6-8H,4-5,13H2,1-3H3. The SMILES string of the molecule is CCN(CC)C(=O)c1cc(N)cc(OC)c1. The average molecular weight is 222 g/mol. The Bertz CT molecular complexity index is 373. The third-order valence-corrected chi connectivity index (χ3v) is 2.46. The highest BCUT2D eigenvalue weighted by Crippen LogP contribution is 2.19. The van der Waals surface area contributed by atoms with Crippen LogP contribution in [0.3, 0.4) is 0 Å². The van der Waals surface area contributed by atoms with E-state index < -0.39 is 0 Å². The molecule has 1 aromatic carbocycles. The molecule has 0 aliphatic rings. The molecule has 0 aliphatic carbocycles. The number of carbonyl (C=O) groups excluding carboxylic acids is 1. The summed E-state index contributed by atoms with van der Waals surface area (Å²) in [5.74, 6) is 0.589. The first-order valence-electron chi connectivity index (χ1n) is 5.36. The number of nitrogens with zero attached hydrogens (tertiary/aromatic N) is 1. The Kier molecular flexibility index (Phi) is 4.17. The molecule has 0 atom stereocenters. The molecule has 2 N–H and O–H groups in total. The van der Waals surface area contributed by atoms with Crippen molar-refractivity contribution in [1.29, 1.82) is 0 Å². The molecule has 1 aromatic rings. The van der Waals surface area contributed by atoms with Gasteiger partial charge in [-0.05, 0) is 26.0 Å². The number of ether oxygens (including phenoxy) is 1. The van der Waals surface area contributed by atoms with Gasteiger partial charge in [0.05, 0.1) is 7.11 Å². The van der Waals surface area contributed by atoms with Crippen molar-refractivity contribution >= 4 is 11.6 Å². The molecule has 0 aromatic heterocycles. The van der Waals surface area contributed by atoms with Crippen LogP contribution in [0.15, 0.2) is 18.2 Å². The zero-order chi connectivity index (χ0) is 12.1. The van der Waals surface area contributed by atoms with Gasteiger partial charge in [0, 0.05) is 30.4 Å². The van der Waals surface area contributed by atoms with Gasteiger partial charge < -0.3 is 15.4 Å². The molecule has 0 saturated carbocycles. The molecule has 4 nitrogen and oxygen atoms in total. The van der Waals surface area contributed by atoms with Crippen molar-refractivity contribution in [3.8, 4) is 5.75 Å². The lowest BCUT2D eigenvalue weighted by Gasteiger charge is -2.19. The predicted octanol–water partition coefficient (Wildman–Crippen LogP) is 1.76. The number of nitrogen functional groups attached to an aromatic ring is 1. The maximum absolute atomic E-state index is 12.0. The van der Waals surface area contributed by atoms with E-state index in [0.717, 1.165) is 0 Å². The second-order valence-electron chi connectivity index (χ2n) is 3.47. The van der Waals surface area contributed by atoms with Crippen LogP contribution in [0.4, 0.5) is 5.69 Å². The van der Waals surface area contributed by atoms with E-state index in [4.69, 9.17) is 10.5 Å². The van der Waals surface area contributed by atoms with E-state index >= 15 is 0 Å². The minimum atomic E-state index is -0.0180. The van der Waals surface area contributed by atoms with Gasteiger partial charge >= 0.3 is 0 Å². The number of nitrogens with two attached hydrogens (primary N) is 1. The van der Waals surface area contributed by atoms with Gasteiger partial charge in [-0.25, -0.2) is 0 Å². The van der Waals surface area contributed by atoms with Crippen LogP contribution in [0.2, 0.25) is 0 Å². The molecule has 0 aliphatic heterocycles. The molecule has 0 radical (unpaired) electrons. The van der Waals surface area contributed by atoms with Crippen LogP contribution in [-0.2, 0) is 0 Å². The molecule has 1 rings (SSSR count). The topological polar surface area (TPSA) is 55.6 Å². The van der Waals surface area contributed by atoms with Gasteiger partial charge in [-0.3, -0.25) is 4.79 Å². The van der Waals surface area contributed by atoms with E-state index in [1.165, 1.54) is 0 Å². The Balaban J connectivity index is 3.03. The van der Waals surface area contributed by atoms with E-state index in [0.29, 0.717) is 30.1 Å². The fraction of sp³-hybridized carbons (Fsp3) is 0.417. The third kappa shape index (κ3) is 2.66. The van der Waals surface area contributed by atoms with Crippen LogP contribution in [0.5, 0.6) is 5.75 Å². The molecule has 0 bridgehead atoms. The summed E-state index contributed by atoms with van der Waals surface area (Å²) in [5.41, 5.74) is 6.81. The smallest absolute Gasteiger partial charge is 0.254 e. The largest absolute Gasteiger partial charge is 0.497 e. The van der Waals surface area contributed by atoms with E-state index in [2.05, 4.69) is 0 Å². The maximum atomic E-state index is 12.0. The molecule has 88 valence electrons. The number of benzene rings is 1. The van der Waals surface area contributed by atoms with Gasteiger partial charge in [-0.2, -0.15) is 0 Å². The van der Waals surface area contributed by atoms with Crippen molar-refractivity contribution < 1.29 is 9.53 Å². The lowest BCUT2D eigenvalue weighted by molar-refractivity contribution is 0.0772. The highest BCUT2D eigenvalue weighted by Gasteiger charge is 2.13. The first-order chi connectivity index (χ1) is 7.62. The van der Waals surface area contributed by atoms with Crippen LogP contribution >= 0.6 is 0 Å². The number of carbonyl (C=O) groups is 1. The number of methoxy groups -OCH3 is 1. The summed E-state index contributed by atoms with van der Waals surface area (Å²) in [5, 5.41) is 0. The summed E-state index contributed by atoms with van der Waals surface area (Å²) in [6.45, 7) is 5.27. The second-order valence-corrected chi connectivity index (χ2v) is 3.47. The maximum Gasteiger partial charge on any atom is 0.254 e. The first kappa shape index (κ1) is 12.4. The Morgan fingerprint density at radius 1 is 1.31 bits per heavy atom. The quantitative estimate of drug-likeness (QED) is 0.790. The van der Waals surface area contributed by atoms with Crippen molar-refractivity contribution in [2.75, 3.05) is 25.9 Å². The average Bonchev–Trinajstić information content (AvgIpc) is 2.29. The molecule has 0 saturated heterocycles. The Morgan fingerprint density at radius 3 is 2.44 bits per heavy atom. The van der Waals surface area contributed by atoms with Crippen molar-refractivity contribution in [3.63, 3.8) is 0 Å². The highest BCUT2D eigenvalue weighted by atomic mass is 16.5. The number of hydrogen-bond acceptors (Lipinski definition) is 3. The van der Waals surface area contributed by atoms with Gasteiger partial charge in [0.25, 0.3) is 5.91 Å². The molecular formula is C12H18N2O2. The molecule has 4 heteroatoms. The predicted molar refractivity (Wildman–Crippen MR) is 64.7 cm³/mol. The van der Waals surface area contributed by atoms with Crippen molar-refractivity contribution in [1.82, 2.24) is 4.90 Å². The fourth-order valence-corrected chi connectivity index (χ4v) is 1.56. The minimum absolute atomic E-state index is 0.0180. The van der Waals surface area contributed by atoms with Crippen LogP contribution in [0, 0.1) is 0 Å². The molecule has 0 unspecified atom stereocenters. The van der Waals surface area contributed by atoms with Crippen molar-refractivity contribution in [3.05, 3.63) is 23.8 Å². The molecule has 1 amide bonds. The van der Waals surface area contributed by atoms with E-state index in [9.17, 15) is 4.79 Å². The Labute approximate surface area is 96.0 Å². The zero-order valence-electron chi connectivity index (χ0n) is 9.99. The summed E-state index contributed by atoms with van der Waals surface area (Å²) >= 11 is 0. The summed E-state index contributed by atoms with van der Waals surface area (Å²) in [6.07, 6.45) is 0. The lowest BCUT2D eigenvalue weighted by Crippen LogP contribution is -2.30. The Morgan fingerprint density at radius 2 is 1.94 bits per heavy atom. The molecule has 0 spiro atoms. The van der Waals surface area contributed by atoms with E-state index in [1.807, 2.05) is 13.8 Å². The van der Waals surface area contributed by atoms with Gasteiger partial charge in [-0.1, -0.05) is 0 Å². The lowest BCUT2D eigenvalue weighted by atomic mass is 10.1. The van der Waals surface area contributed by atoms with Crippen LogP contribution < -0.4 is 10.5 Å². The van der Waals surface area contributed by atoms with Crippen LogP contribution in [0.1, 0.15) is 24.2 Å². The Hall–Kier alpha value is -1.71. The van der Waals surface area contributed by atoms with E-state index in [1.54, 1.807) is 30.2 Å². The second kappa shape index (κ2) is 5.39. The minimum Gasteiger partial charge on any atom is -0.497 e. The monoisotopic (exact) mass is 222 g/mol. The van der Waals surface area contributed by atoms with Crippen molar-refractivity contribution in [2.24, 2.45) is 0 Å². The van der Waals surface area contributed by atoms with Crippen LogP contribution in [-0.4, -0.2) is 31.0 Å². The zero-order valence-corrected chi connectivity index (χ0v) is 9.99. The van der Waals surface area contributed by atoms with Crippen LogP contribution in [0.25, 0.3) is 0 Å². The van der Waals surface area contributed by atoms with Gasteiger partial charge in [0.15, 0.2) is 0 Å². The number of hydrogen-bond donors (Lipinski definition) is 1. The highest BCUT2D eigenvalue weighted by molar-refractivity contribution is 5.95. The van der Waals surface area contributed by atoms with Gasteiger partial charge in [-0.15, -0.1) is 0 Å². The third-order valence-electron chi connectivity index (χ3n) is 2.46. The fourth-order valence-electron chi connectivity index (χ4n) is 1.56. The summed E-state index contributed by atoms with van der Waals surface area (Å²) in [7, 11) is 1.56. The molecule has 0 fully saturated rings. The van der Waals surface area contributed by atoms with Crippen molar-refractivity contribution in [2.45, 2.75) is 13.8 Å². The van der Waals surface area contributed by atoms with Gasteiger partial charge in [0.1, 0.15) is 5.75 Å². The number of amides is 1. The summed E-state index contributed by atoms with van der Waals surface area (Å²) in [6, 6.07) is 5.07. The molecule has 0 heterocycles. The molecule has 16 heavy (non-hydrogen) atoms. The molecular weight excluding hydrogens is 204 g/mol. The normalized spacial score (nSPS) is 9.94. The first-order valence-corrected chi connectivity index (χ1v) is 5.36. The summed E-state index contributed by atoms with van der Waals surface area (Å²) in [4.78, 5) is 13.8. The number of anilines is 1. The van der Waals surface area contributed by atoms with E-state index in [-0.39, 0.29) is 5.91 Å².